The van der Waals surface area contributed by atoms with Gasteiger partial charge in [-0.15, -0.1) is 0 Å². The van der Waals surface area contributed by atoms with Crippen molar-refractivity contribution >= 4 is 51.2 Å². The molecule has 1 aliphatic rings. The van der Waals surface area contributed by atoms with Crippen molar-refractivity contribution in [3.63, 3.8) is 0 Å². The van der Waals surface area contributed by atoms with Crippen molar-refractivity contribution in [3.05, 3.63) is 117 Å². The number of nitro groups is 1. The summed E-state index contributed by atoms with van der Waals surface area (Å²) in [7, 11) is 0. The van der Waals surface area contributed by atoms with Gasteiger partial charge in [-0.25, -0.2) is 0 Å². The SMILES string of the molecule is CCOc1cc(/C=C2/SC(=O)N(CC(=O)c3ccc([N+](=O)[O-])cc3)C2=O)ccc1OCc1cccc2ccccc12. The molecule has 1 heterocycles. The summed E-state index contributed by atoms with van der Waals surface area (Å²) in [4.78, 5) is 49.5. The van der Waals surface area contributed by atoms with Crippen LogP contribution >= 0.6 is 11.8 Å². The molecule has 206 valence electrons. The quantitative estimate of drug-likeness (QED) is 0.0904. The summed E-state index contributed by atoms with van der Waals surface area (Å²) in [6.07, 6.45) is 1.57. The second-order valence-electron chi connectivity index (χ2n) is 9.06. The summed E-state index contributed by atoms with van der Waals surface area (Å²) in [5.41, 5.74) is 1.66. The largest absolute Gasteiger partial charge is 0.490 e. The fourth-order valence-electron chi connectivity index (χ4n) is 4.37. The molecule has 9 nitrogen and oxygen atoms in total. The third-order valence-electron chi connectivity index (χ3n) is 6.40. The Kier molecular flexibility index (Phi) is 8.11. The van der Waals surface area contributed by atoms with Crippen LogP contribution < -0.4 is 9.47 Å². The molecule has 0 bridgehead atoms. The van der Waals surface area contributed by atoms with Gasteiger partial charge >= 0.3 is 0 Å². The fraction of sp³-hybridized carbons (Fsp3) is 0.129. The Balaban J connectivity index is 1.30. The lowest BCUT2D eigenvalue weighted by Crippen LogP contribution is -2.33. The summed E-state index contributed by atoms with van der Waals surface area (Å²) in [6.45, 7) is 2.12. The molecule has 1 saturated heterocycles. The minimum absolute atomic E-state index is 0.160. The van der Waals surface area contributed by atoms with Gasteiger partial charge in [0.15, 0.2) is 17.3 Å². The Bertz CT molecular complexity index is 1690. The first-order valence-electron chi connectivity index (χ1n) is 12.7. The molecule has 0 spiro atoms. The molecule has 0 aliphatic carbocycles. The summed E-state index contributed by atoms with van der Waals surface area (Å²) in [5.74, 6) is -0.0629. The van der Waals surface area contributed by atoms with Crippen LogP contribution in [0.3, 0.4) is 0 Å². The first kappa shape index (κ1) is 27.6. The van der Waals surface area contributed by atoms with Crippen molar-refractivity contribution in [2.75, 3.05) is 13.2 Å². The van der Waals surface area contributed by atoms with Gasteiger partial charge in [0, 0.05) is 17.7 Å². The third-order valence-corrected chi connectivity index (χ3v) is 7.31. The predicted octanol–water partition coefficient (Wildman–Crippen LogP) is 6.64. The molecular formula is C31H24N2O7S. The van der Waals surface area contributed by atoms with Gasteiger partial charge in [0.2, 0.25) is 0 Å². The van der Waals surface area contributed by atoms with Crippen molar-refractivity contribution in [2.45, 2.75) is 13.5 Å². The number of thioether (sulfide) groups is 1. The standard InChI is InChI=1S/C31H24N2O7S/c1-2-39-28-16-20(10-15-27(28)40-19-23-8-5-7-21-6-3-4-9-25(21)23)17-29-30(35)32(31(36)41-29)18-26(34)22-11-13-24(14-12-22)33(37)38/h3-17H,2,18-19H2,1H3/b29-17+. The zero-order valence-corrected chi connectivity index (χ0v) is 22.8. The van der Waals surface area contributed by atoms with E-state index in [-0.39, 0.29) is 16.2 Å². The molecule has 2 amide bonds. The Morgan fingerprint density at radius 3 is 2.46 bits per heavy atom. The third kappa shape index (κ3) is 6.12. The number of carbonyl (C=O) groups is 3. The van der Waals surface area contributed by atoms with E-state index in [2.05, 4.69) is 0 Å². The number of nitrogens with zero attached hydrogens (tertiary/aromatic N) is 2. The van der Waals surface area contributed by atoms with Crippen LogP contribution in [-0.4, -0.2) is 39.9 Å². The minimum Gasteiger partial charge on any atom is -0.490 e. The molecule has 0 unspecified atom stereocenters. The van der Waals surface area contributed by atoms with E-state index in [1.165, 1.54) is 24.3 Å². The number of fused-ring (bicyclic) bond motifs is 1. The summed E-state index contributed by atoms with van der Waals surface area (Å²) >= 11 is 0.737. The average molecular weight is 569 g/mol. The van der Waals surface area contributed by atoms with Crippen LogP contribution in [0.5, 0.6) is 11.5 Å². The number of imide groups is 1. The normalized spacial score (nSPS) is 14.1. The number of non-ortho nitro benzene ring substituents is 1. The lowest BCUT2D eigenvalue weighted by atomic mass is 10.1. The molecule has 4 aromatic rings. The number of carbonyl (C=O) groups excluding carboxylic acids is 3. The molecule has 1 aliphatic heterocycles. The van der Waals surface area contributed by atoms with Gasteiger partial charge in [0.1, 0.15) is 6.61 Å². The van der Waals surface area contributed by atoms with E-state index in [0.29, 0.717) is 30.3 Å². The number of hydrogen-bond acceptors (Lipinski definition) is 8. The van der Waals surface area contributed by atoms with Crippen LogP contribution in [0.4, 0.5) is 10.5 Å². The fourth-order valence-corrected chi connectivity index (χ4v) is 5.21. The second kappa shape index (κ2) is 12.1. The molecule has 0 atom stereocenters. The van der Waals surface area contributed by atoms with Crippen molar-refractivity contribution in [2.24, 2.45) is 0 Å². The summed E-state index contributed by atoms with van der Waals surface area (Å²) in [6, 6.07) is 24.4. The first-order chi connectivity index (χ1) is 19.8. The summed E-state index contributed by atoms with van der Waals surface area (Å²) in [5, 5.41) is 12.5. The number of benzene rings is 4. The minimum atomic E-state index is -0.593. The number of hydrogen-bond donors (Lipinski definition) is 0. The number of ketones is 1. The Morgan fingerprint density at radius 2 is 1.71 bits per heavy atom. The van der Waals surface area contributed by atoms with Crippen molar-refractivity contribution in [3.8, 4) is 11.5 Å². The van der Waals surface area contributed by atoms with Crippen LogP contribution in [0.25, 0.3) is 16.8 Å². The number of amides is 2. The number of ether oxygens (including phenoxy) is 2. The van der Waals surface area contributed by atoms with E-state index in [9.17, 15) is 24.5 Å². The maximum absolute atomic E-state index is 13.0. The molecule has 5 rings (SSSR count). The van der Waals surface area contributed by atoms with Crippen LogP contribution in [-0.2, 0) is 11.4 Å². The predicted molar refractivity (Wildman–Crippen MR) is 156 cm³/mol. The topological polar surface area (TPSA) is 116 Å². The highest BCUT2D eigenvalue weighted by atomic mass is 32.2. The molecule has 0 saturated carbocycles. The first-order valence-corrected chi connectivity index (χ1v) is 13.5. The van der Waals surface area contributed by atoms with E-state index in [0.717, 1.165) is 33.0 Å². The molecule has 1 fully saturated rings. The number of nitro benzene ring substituents is 1. The Morgan fingerprint density at radius 1 is 0.951 bits per heavy atom. The molecule has 0 aromatic heterocycles. The van der Waals surface area contributed by atoms with Gasteiger partial charge in [-0.1, -0.05) is 48.5 Å². The van der Waals surface area contributed by atoms with Crippen LogP contribution in [0.15, 0.2) is 89.8 Å². The highest BCUT2D eigenvalue weighted by Gasteiger charge is 2.36. The summed E-state index contributed by atoms with van der Waals surface area (Å²) < 4.78 is 11.9. The molecule has 0 radical (unpaired) electrons. The maximum Gasteiger partial charge on any atom is 0.293 e. The van der Waals surface area contributed by atoms with Gasteiger partial charge in [0.25, 0.3) is 16.8 Å². The van der Waals surface area contributed by atoms with E-state index >= 15 is 0 Å². The average Bonchev–Trinajstić information content (AvgIpc) is 3.24. The smallest absolute Gasteiger partial charge is 0.293 e. The Labute approximate surface area is 239 Å². The molecule has 0 N–H and O–H groups in total. The van der Waals surface area contributed by atoms with Gasteiger partial charge in [-0.05, 0) is 70.9 Å². The second-order valence-corrected chi connectivity index (χ2v) is 10.1. The van der Waals surface area contributed by atoms with Crippen molar-refractivity contribution in [1.82, 2.24) is 4.90 Å². The lowest BCUT2D eigenvalue weighted by molar-refractivity contribution is -0.384. The molecule has 41 heavy (non-hydrogen) atoms. The number of Topliss-reactive ketones (excluding diaryl/α,β-unsaturated/α-hetero) is 1. The molecule has 4 aromatic carbocycles. The molecule has 10 heteroatoms. The Hall–Kier alpha value is -4.96. The monoisotopic (exact) mass is 568 g/mol. The van der Waals surface area contributed by atoms with Crippen molar-refractivity contribution < 1.29 is 28.8 Å². The van der Waals surface area contributed by atoms with E-state index in [1.54, 1.807) is 24.3 Å². The van der Waals surface area contributed by atoms with E-state index < -0.39 is 28.4 Å². The zero-order valence-electron chi connectivity index (χ0n) is 21.9. The van der Waals surface area contributed by atoms with Gasteiger partial charge in [-0.3, -0.25) is 29.4 Å². The van der Waals surface area contributed by atoms with E-state index in [1.807, 2.05) is 49.4 Å². The van der Waals surface area contributed by atoms with Crippen LogP contribution in [0.2, 0.25) is 0 Å². The molecular weight excluding hydrogens is 544 g/mol. The van der Waals surface area contributed by atoms with E-state index in [4.69, 9.17) is 9.47 Å². The van der Waals surface area contributed by atoms with Gasteiger partial charge in [-0.2, -0.15) is 0 Å². The van der Waals surface area contributed by atoms with Crippen LogP contribution in [0, 0.1) is 10.1 Å². The van der Waals surface area contributed by atoms with Crippen LogP contribution in [0.1, 0.15) is 28.4 Å². The lowest BCUT2D eigenvalue weighted by Gasteiger charge is -2.14. The highest BCUT2D eigenvalue weighted by Crippen LogP contribution is 2.35. The maximum atomic E-state index is 13.0. The number of rotatable bonds is 10. The zero-order chi connectivity index (χ0) is 28.9. The van der Waals surface area contributed by atoms with Gasteiger partial charge in [0.05, 0.1) is 23.0 Å². The highest BCUT2D eigenvalue weighted by molar-refractivity contribution is 8.18. The van der Waals surface area contributed by atoms with Gasteiger partial charge < -0.3 is 9.47 Å². The van der Waals surface area contributed by atoms with Crippen molar-refractivity contribution in [1.29, 1.82) is 0 Å².